The molecule has 1 aromatic rings. The Labute approximate surface area is 136 Å². The Morgan fingerprint density at radius 2 is 1.74 bits per heavy atom. The summed E-state index contributed by atoms with van der Waals surface area (Å²) in [5.41, 5.74) is 1.51. The average Bonchev–Trinajstić information content (AvgIpc) is 2.49. The van der Waals surface area contributed by atoms with E-state index >= 15 is 0 Å². The normalized spacial score (nSPS) is 11.9. The van der Waals surface area contributed by atoms with Gasteiger partial charge in [-0.05, 0) is 31.9 Å². The van der Waals surface area contributed by atoms with Gasteiger partial charge in [0.2, 0.25) is 5.91 Å². The van der Waals surface area contributed by atoms with Gasteiger partial charge < -0.3 is 15.3 Å². The summed E-state index contributed by atoms with van der Waals surface area (Å²) in [5.74, 6) is -1.96. The molecule has 0 aliphatic rings. The lowest BCUT2D eigenvalue weighted by Crippen LogP contribution is -2.52. The van der Waals surface area contributed by atoms with E-state index in [1.165, 1.54) is 4.90 Å². The zero-order valence-electron chi connectivity index (χ0n) is 14.0. The standard InChI is InChI=1S/C17H24N2O4/c1-5-19(10-14(20)21)17(23)15(11(2)3)18-16(22)13-8-6-12(4)7-9-13/h6-9,11,15H,5,10H2,1-4H3,(H,18,22)(H,20,21). The highest BCUT2D eigenvalue weighted by molar-refractivity contribution is 5.98. The van der Waals surface area contributed by atoms with E-state index in [4.69, 9.17) is 5.11 Å². The van der Waals surface area contributed by atoms with E-state index in [2.05, 4.69) is 5.32 Å². The molecular formula is C17H24N2O4. The van der Waals surface area contributed by atoms with Crippen molar-refractivity contribution in [2.45, 2.75) is 33.7 Å². The minimum absolute atomic E-state index is 0.153. The van der Waals surface area contributed by atoms with Crippen LogP contribution in [0.1, 0.15) is 36.7 Å². The van der Waals surface area contributed by atoms with Gasteiger partial charge in [-0.3, -0.25) is 14.4 Å². The highest BCUT2D eigenvalue weighted by Crippen LogP contribution is 2.09. The summed E-state index contributed by atoms with van der Waals surface area (Å²) in [6.45, 7) is 7.15. The number of carboxylic acid groups (broad SMARTS) is 1. The third kappa shape index (κ3) is 5.39. The molecule has 2 N–H and O–H groups in total. The first-order valence-electron chi connectivity index (χ1n) is 7.64. The molecule has 1 rings (SSSR count). The lowest BCUT2D eigenvalue weighted by molar-refractivity contribution is -0.145. The first-order valence-corrected chi connectivity index (χ1v) is 7.64. The summed E-state index contributed by atoms with van der Waals surface area (Å²) >= 11 is 0. The van der Waals surface area contributed by atoms with Crippen LogP contribution in [-0.4, -0.2) is 46.9 Å². The first-order chi connectivity index (χ1) is 10.8. The topological polar surface area (TPSA) is 86.7 Å². The Morgan fingerprint density at radius 3 is 2.17 bits per heavy atom. The summed E-state index contributed by atoms with van der Waals surface area (Å²) in [4.78, 5) is 36.9. The van der Waals surface area contributed by atoms with Crippen LogP contribution in [0.25, 0.3) is 0 Å². The zero-order chi connectivity index (χ0) is 17.6. The van der Waals surface area contributed by atoms with Crippen molar-refractivity contribution in [3.05, 3.63) is 35.4 Å². The lowest BCUT2D eigenvalue weighted by atomic mass is 10.0. The number of benzene rings is 1. The number of amides is 2. The van der Waals surface area contributed by atoms with Crippen LogP contribution in [0.3, 0.4) is 0 Å². The molecule has 0 aliphatic heterocycles. The van der Waals surface area contributed by atoms with Crippen LogP contribution in [0, 0.1) is 12.8 Å². The van der Waals surface area contributed by atoms with Gasteiger partial charge in [-0.1, -0.05) is 31.5 Å². The van der Waals surface area contributed by atoms with Gasteiger partial charge >= 0.3 is 5.97 Å². The van der Waals surface area contributed by atoms with Gasteiger partial charge in [-0.2, -0.15) is 0 Å². The van der Waals surface area contributed by atoms with Gasteiger partial charge in [0, 0.05) is 12.1 Å². The van der Waals surface area contributed by atoms with Crippen molar-refractivity contribution in [3.63, 3.8) is 0 Å². The maximum atomic E-state index is 12.5. The monoisotopic (exact) mass is 320 g/mol. The van der Waals surface area contributed by atoms with Crippen LogP contribution in [0.5, 0.6) is 0 Å². The molecule has 0 bridgehead atoms. The molecule has 6 nitrogen and oxygen atoms in total. The predicted molar refractivity (Wildman–Crippen MR) is 87.2 cm³/mol. The predicted octanol–water partition coefficient (Wildman–Crippen LogP) is 1.68. The van der Waals surface area contributed by atoms with E-state index in [1.807, 2.05) is 32.9 Å². The van der Waals surface area contributed by atoms with Crippen molar-refractivity contribution in [2.75, 3.05) is 13.1 Å². The summed E-state index contributed by atoms with van der Waals surface area (Å²) in [7, 11) is 0. The maximum absolute atomic E-state index is 12.5. The molecule has 0 aromatic heterocycles. The minimum Gasteiger partial charge on any atom is -0.480 e. The fourth-order valence-electron chi connectivity index (χ4n) is 2.15. The molecule has 1 aromatic carbocycles. The smallest absolute Gasteiger partial charge is 0.323 e. The molecule has 0 saturated heterocycles. The Kier molecular flexibility index (Phi) is 6.75. The highest BCUT2D eigenvalue weighted by Gasteiger charge is 2.29. The number of nitrogens with zero attached hydrogens (tertiary/aromatic N) is 1. The van der Waals surface area contributed by atoms with E-state index < -0.39 is 12.0 Å². The van der Waals surface area contributed by atoms with Gasteiger partial charge in [0.1, 0.15) is 12.6 Å². The van der Waals surface area contributed by atoms with Crippen LogP contribution < -0.4 is 5.32 Å². The van der Waals surface area contributed by atoms with Gasteiger partial charge in [-0.15, -0.1) is 0 Å². The Balaban J connectivity index is 2.89. The number of aryl methyl sites for hydroxylation is 1. The zero-order valence-corrected chi connectivity index (χ0v) is 14.0. The van der Waals surface area contributed by atoms with Crippen LogP contribution >= 0.6 is 0 Å². The molecule has 0 fully saturated rings. The van der Waals surface area contributed by atoms with Crippen LogP contribution in [-0.2, 0) is 9.59 Å². The van der Waals surface area contributed by atoms with Gasteiger partial charge in [0.25, 0.3) is 5.91 Å². The Hall–Kier alpha value is -2.37. The summed E-state index contributed by atoms with van der Waals surface area (Å²) < 4.78 is 0. The summed E-state index contributed by atoms with van der Waals surface area (Å²) in [6.07, 6.45) is 0. The number of rotatable bonds is 7. The summed E-state index contributed by atoms with van der Waals surface area (Å²) in [5, 5.41) is 11.6. The molecule has 0 heterocycles. The van der Waals surface area contributed by atoms with Crippen molar-refractivity contribution in [3.8, 4) is 0 Å². The molecule has 0 aliphatic carbocycles. The first kappa shape index (κ1) is 18.7. The number of nitrogens with one attached hydrogen (secondary N) is 1. The molecule has 1 atom stereocenters. The van der Waals surface area contributed by atoms with E-state index in [1.54, 1.807) is 19.1 Å². The molecule has 0 spiro atoms. The van der Waals surface area contributed by atoms with E-state index in [-0.39, 0.29) is 30.8 Å². The Bertz CT molecular complexity index is 566. The molecule has 0 radical (unpaired) electrons. The molecule has 23 heavy (non-hydrogen) atoms. The highest BCUT2D eigenvalue weighted by atomic mass is 16.4. The van der Waals surface area contributed by atoms with E-state index in [0.717, 1.165) is 5.56 Å². The number of hydrogen-bond acceptors (Lipinski definition) is 3. The van der Waals surface area contributed by atoms with E-state index in [0.29, 0.717) is 5.56 Å². The molecule has 6 heteroatoms. The third-order valence-electron chi connectivity index (χ3n) is 3.55. The lowest BCUT2D eigenvalue weighted by Gasteiger charge is -2.28. The maximum Gasteiger partial charge on any atom is 0.323 e. The number of hydrogen-bond donors (Lipinski definition) is 2. The molecule has 1 unspecified atom stereocenters. The average molecular weight is 320 g/mol. The van der Waals surface area contributed by atoms with Crippen LogP contribution in [0.15, 0.2) is 24.3 Å². The number of aliphatic carboxylic acids is 1. The number of carbonyl (C=O) groups is 3. The number of likely N-dealkylation sites (N-methyl/N-ethyl adjacent to an activating group) is 1. The Morgan fingerprint density at radius 1 is 1.17 bits per heavy atom. The molecule has 2 amide bonds. The van der Waals surface area contributed by atoms with Crippen molar-refractivity contribution >= 4 is 17.8 Å². The number of carboxylic acids is 1. The second-order valence-electron chi connectivity index (χ2n) is 5.81. The SMILES string of the molecule is CCN(CC(=O)O)C(=O)C(NC(=O)c1ccc(C)cc1)C(C)C. The second-order valence-corrected chi connectivity index (χ2v) is 5.81. The van der Waals surface area contributed by atoms with Crippen LogP contribution in [0.2, 0.25) is 0 Å². The molecule has 0 saturated carbocycles. The third-order valence-corrected chi connectivity index (χ3v) is 3.55. The van der Waals surface area contributed by atoms with Gasteiger partial charge in [0.15, 0.2) is 0 Å². The largest absolute Gasteiger partial charge is 0.480 e. The van der Waals surface area contributed by atoms with Crippen molar-refractivity contribution in [1.29, 1.82) is 0 Å². The fourth-order valence-corrected chi connectivity index (χ4v) is 2.15. The molecular weight excluding hydrogens is 296 g/mol. The van der Waals surface area contributed by atoms with Gasteiger partial charge in [0.05, 0.1) is 0 Å². The van der Waals surface area contributed by atoms with Crippen molar-refractivity contribution in [2.24, 2.45) is 5.92 Å². The second kappa shape index (κ2) is 8.31. The summed E-state index contributed by atoms with van der Waals surface area (Å²) in [6, 6.07) is 6.28. The molecule has 126 valence electrons. The fraction of sp³-hybridized carbons (Fsp3) is 0.471. The quantitative estimate of drug-likeness (QED) is 0.800. The van der Waals surface area contributed by atoms with Gasteiger partial charge in [-0.25, -0.2) is 0 Å². The van der Waals surface area contributed by atoms with Crippen molar-refractivity contribution in [1.82, 2.24) is 10.2 Å². The number of carbonyl (C=O) groups excluding carboxylic acids is 2. The van der Waals surface area contributed by atoms with E-state index in [9.17, 15) is 14.4 Å². The van der Waals surface area contributed by atoms with Crippen molar-refractivity contribution < 1.29 is 19.5 Å². The van der Waals surface area contributed by atoms with Crippen LogP contribution in [0.4, 0.5) is 0 Å². The minimum atomic E-state index is -1.08.